The van der Waals surface area contributed by atoms with Crippen LogP contribution in [0.4, 0.5) is 0 Å². The summed E-state index contributed by atoms with van der Waals surface area (Å²) in [5.41, 5.74) is 0.978. The molecule has 2 aromatic rings. The largest absolute Gasteiger partial charge is 2.00 e. The summed E-state index contributed by atoms with van der Waals surface area (Å²) in [6.45, 7) is 0. The van der Waals surface area contributed by atoms with Crippen molar-refractivity contribution in [1.29, 1.82) is 0 Å². The summed E-state index contributed by atoms with van der Waals surface area (Å²) < 4.78 is 10.4. The molecule has 0 aliphatic carbocycles. The molecule has 170 valence electrons. The third-order valence-electron chi connectivity index (χ3n) is 5.26. The van der Waals surface area contributed by atoms with Gasteiger partial charge >= 0.3 is 17.1 Å². The Morgan fingerprint density at radius 3 is 1.90 bits per heavy atom. The molecule has 2 rings (SSSR count). The average Bonchev–Trinajstić information content (AvgIpc) is 3.44. The van der Waals surface area contributed by atoms with Crippen LogP contribution >= 0.6 is 0 Å². The molecule has 0 N–H and O–H groups in total. The van der Waals surface area contributed by atoms with Crippen LogP contribution in [0.15, 0.2) is 48.5 Å². The first-order chi connectivity index (χ1) is 14.2. The second kappa shape index (κ2) is 20.0. The SMILES string of the molecule is COC(CCCCCCCCCCCC(=O)[c-]1cccc1[SiH3])OC.[Fe+2].c1cc[cH-]c1. The van der Waals surface area contributed by atoms with Crippen LogP contribution in [-0.4, -0.2) is 36.5 Å². The van der Waals surface area contributed by atoms with E-state index < -0.39 is 0 Å². The molecule has 0 aliphatic rings. The molecule has 0 saturated heterocycles. The molecule has 0 aliphatic heterocycles. The summed E-state index contributed by atoms with van der Waals surface area (Å²) in [5.74, 6) is 0.343. The van der Waals surface area contributed by atoms with Crippen molar-refractivity contribution in [1.82, 2.24) is 0 Å². The van der Waals surface area contributed by atoms with Crippen molar-refractivity contribution in [3.8, 4) is 0 Å². The molecule has 0 heterocycles. The minimum atomic E-state index is -0.0350. The number of Topliss-reactive ketones (excluding diaryl/α,β-unsaturated/α-hetero) is 1. The van der Waals surface area contributed by atoms with Gasteiger partial charge < -0.3 is 14.3 Å². The average molecular weight is 473 g/mol. The van der Waals surface area contributed by atoms with Crippen molar-refractivity contribution in [2.24, 2.45) is 0 Å². The molecule has 0 aromatic heterocycles. The van der Waals surface area contributed by atoms with Crippen LogP contribution in [0.1, 0.15) is 81.0 Å². The normalized spacial score (nSPS) is 10.5. The zero-order valence-electron chi connectivity index (χ0n) is 19.1. The molecule has 0 unspecified atom stereocenters. The monoisotopic (exact) mass is 472 g/mol. The minimum absolute atomic E-state index is 0. The Kier molecular flexibility index (Phi) is 19.3. The molecule has 0 radical (unpaired) electrons. The van der Waals surface area contributed by atoms with Gasteiger partial charge in [0.05, 0.1) is 0 Å². The van der Waals surface area contributed by atoms with Crippen LogP contribution in [0.5, 0.6) is 0 Å². The van der Waals surface area contributed by atoms with Crippen LogP contribution in [0.2, 0.25) is 0 Å². The Morgan fingerprint density at radius 2 is 1.47 bits per heavy atom. The summed E-state index contributed by atoms with van der Waals surface area (Å²) in [6, 6.07) is 16.1. The predicted molar refractivity (Wildman–Crippen MR) is 127 cm³/mol. The fourth-order valence-electron chi connectivity index (χ4n) is 3.44. The number of carbonyl (C=O) groups excluding carboxylic acids is 1. The van der Waals surface area contributed by atoms with Crippen LogP contribution in [0.25, 0.3) is 0 Å². The summed E-state index contributed by atoms with van der Waals surface area (Å²) in [7, 11) is 4.37. The third-order valence-corrected chi connectivity index (χ3v) is 6.13. The van der Waals surface area contributed by atoms with E-state index in [1.165, 1.54) is 56.6 Å². The standard InChI is InChI=1S/C20H35O3Si.C5H5.Fe/c1-22-20(23-2)16-11-9-7-5-3-4-6-8-10-14-18(21)17-13-12-15-19(17)24;1-2-4-5-3-1;/h12-13,15,20H,3-11,14,16H2,1-2,24H3;1-5H;/q2*-1;+2. The van der Waals surface area contributed by atoms with E-state index in [0.29, 0.717) is 5.78 Å². The number of ether oxygens (including phenoxy) is 2. The summed E-state index contributed by atoms with van der Waals surface area (Å²) in [5, 5.41) is 1.25. The van der Waals surface area contributed by atoms with Gasteiger partial charge in [-0.2, -0.15) is 29.5 Å². The molecule has 0 atom stereocenters. The van der Waals surface area contributed by atoms with E-state index in [4.69, 9.17) is 9.47 Å². The molecule has 0 bridgehead atoms. The van der Waals surface area contributed by atoms with Gasteiger partial charge in [-0.05, 0) is 25.7 Å². The maximum absolute atomic E-state index is 12.1. The van der Waals surface area contributed by atoms with Crippen LogP contribution in [0, 0.1) is 0 Å². The molecule has 0 amide bonds. The Morgan fingerprint density at radius 1 is 0.933 bits per heavy atom. The number of ketones is 1. The van der Waals surface area contributed by atoms with E-state index in [1.54, 1.807) is 14.2 Å². The summed E-state index contributed by atoms with van der Waals surface area (Å²) >= 11 is 0. The van der Waals surface area contributed by atoms with Gasteiger partial charge in [-0.25, -0.2) is 24.3 Å². The first kappa shape index (κ1) is 29.0. The number of hydrogen-bond acceptors (Lipinski definition) is 3. The number of carbonyl (C=O) groups is 1. The van der Waals surface area contributed by atoms with Crippen molar-refractivity contribution in [2.75, 3.05) is 14.2 Å². The van der Waals surface area contributed by atoms with Gasteiger partial charge in [0, 0.05) is 24.5 Å². The fraction of sp³-hybridized carbons (Fsp3) is 0.560. The zero-order valence-corrected chi connectivity index (χ0v) is 22.2. The van der Waals surface area contributed by atoms with Gasteiger partial charge in [0.25, 0.3) is 0 Å². The molecule has 2 aromatic carbocycles. The third kappa shape index (κ3) is 14.1. The van der Waals surface area contributed by atoms with Gasteiger partial charge in [0.15, 0.2) is 6.29 Å². The van der Waals surface area contributed by atoms with Crippen molar-refractivity contribution in [3.05, 3.63) is 54.1 Å². The molecule has 5 heteroatoms. The maximum Gasteiger partial charge on any atom is 2.00 e. The van der Waals surface area contributed by atoms with E-state index in [1.807, 2.05) is 42.5 Å². The van der Waals surface area contributed by atoms with E-state index in [-0.39, 0.29) is 23.4 Å². The van der Waals surface area contributed by atoms with E-state index in [2.05, 4.69) is 6.07 Å². The Labute approximate surface area is 197 Å². The smallest absolute Gasteiger partial charge is 0.356 e. The predicted octanol–water partition coefficient (Wildman–Crippen LogP) is 4.89. The molecule has 0 saturated carbocycles. The van der Waals surface area contributed by atoms with Crippen LogP contribution < -0.4 is 5.19 Å². The van der Waals surface area contributed by atoms with Gasteiger partial charge in [0.2, 0.25) is 0 Å². The zero-order chi connectivity index (χ0) is 21.2. The summed E-state index contributed by atoms with van der Waals surface area (Å²) in [6.07, 6.45) is 12.9. The Hall–Kier alpha value is -0.974. The van der Waals surface area contributed by atoms with E-state index in [0.717, 1.165) is 35.1 Å². The number of methoxy groups -OCH3 is 2. The van der Waals surface area contributed by atoms with Gasteiger partial charge in [0.1, 0.15) is 5.78 Å². The maximum atomic E-state index is 12.1. The molecule has 30 heavy (non-hydrogen) atoms. The molecular weight excluding hydrogens is 432 g/mol. The number of unbranched alkanes of at least 4 members (excludes halogenated alkanes) is 8. The van der Waals surface area contributed by atoms with E-state index >= 15 is 0 Å². The Bertz CT molecular complexity index is 588. The van der Waals surface area contributed by atoms with Crippen molar-refractivity contribution in [2.45, 2.75) is 76.9 Å². The van der Waals surface area contributed by atoms with Crippen LogP contribution in [-0.2, 0) is 26.5 Å². The summed E-state index contributed by atoms with van der Waals surface area (Å²) in [4.78, 5) is 12.1. The topological polar surface area (TPSA) is 35.5 Å². The number of hydrogen-bond donors (Lipinski definition) is 0. The molecule has 0 spiro atoms. The molecule has 3 nitrogen and oxygen atoms in total. The first-order valence-electron chi connectivity index (χ1n) is 11.2. The van der Waals surface area contributed by atoms with Gasteiger partial charge in [-0.1, -0.05) is 50.5 Å². The number of rotatable bonds is 15. The van der Waals surface area contributed by atoms with E-state index in [9.17, 15) is 4.79 Å². The van der Waals surface area contributed by atoms with Crippen molar-refractivity contribution >= 4 is 21.2 Å². The molecule has 0 fully saturated rings. The van der Waals surface area contributed by atoms with Gasteiger partial charge in [-0.3, -0.25) is 0 Å². The fourth-order valence-corrected chi connectivity index (χ4v) is 4.08. The second-order valence-corrected chi connectivity index (χ2v) is 8.71. The molecular formula is C25H40FeO3Si. The minimum Gasteiger partial charge on any atom is -0.356 e. The second-order valence-electron chi connectivity index (χ2n) is 7.63. The van der Waals surface area contributed by atoms with Gasteiger partial charge in [-0.15, -0.1) is 0 Å². The first-order valence-corrected chi connectivity index (χ1v) is 12.2. The van der Waals surface area contributed by atoms with Crippen LogP contribution in [0.3, 0.4) is 0 Å². The van der Waals surface area contributed by atoms with Crippen molar-refractivity contribution < 1.29 is 31.3 Å². The van der Waals surface area contributed by atoms with Crippen molar-refractivity contribution in [3.63, 3.8) is 0 Å². The Balaban J connectivity index is 0.00000122. The quantitative estimate of drug-likeness (QED) is 0.122.